The highest BCUT2D eigenvalue weighted by atomic mass is 19.5. The summed E-state index contributed by atoms with van der Waals surface area (Å²) < 4.78 is 50.7. The summed E-state index contributed by atoms with van der Waals surface area (Å²) in [5, 5.41) is 0. The number of rotatable bonds is 10. The van der Waals surface area contributed by atoms with Crippen molar-refractivity contribution in [3.63, 3.8) is 0 Å². The fourth-order valence-electron chi connectivity index (χ4n) is 1.26. The maximum Gasteiger partial charge on any atom is 0.673 e. The zero-order valence-electron chi connectivity index (χ0n) is 13.7. The molecule has 9 heteroatoms. The Bertz CT molecular complexity index is 236. The molecule has 0 aromatic heterocycles. The molecule has 21 heavy (non-hydrogen) atoms. The molecule has 0 unspecified atom stereocenters. The van der Waals surface area contributed by atoms with E-state index in [-0.39, 0.29) is 0 Å². The Balaban J connectivity index is 0. The molecule has 0 spiro atoms. The van der Waals surface area contributed by atoms with Crippen LogP contribution >= 0.6 is 0 Å². The van der Waals surface area contributed by atoms with Crippen LogP contribution in [0, 0.1) is 0 Å². The fraction of sp³-hybridized carbons (Fsp3) is 1.00. The number of quaternary nitrogens is 1. The summed E-state index contributed by atoms with van der Waals surface area (Å²) in [6.07, 6.45) is 0. The lowest BCUT2D eigenvalue weighted by molar-refractivity contribution is -0.890. The molecule has 0 aliphatic rings. The SMILES string of the molecule is CCOCCOCC[N+](C)(C)CCN(C)C.F[B-](F)(F)F. The topological polar surface area (TPSA) is 21.7 Å². The monoisotopic (exact) mass is 320 g/mol. The van der Waals surface area contributed by atoms with Crippen LogP contribution in [-0.2, 0) is 9.47 Å². The number of halogens is 4. The largest absolute Gasteiger partial charge is 0.673 e. The third kappa shape index (κ3) is 28.5. The van der Waals surface area contributed by atoms with Crippen molar-refractivity contribution < 1.29 is 31.2 Å². The predicted octanol–water partition coefficient (Wildman–Crippen LogP) is 1.98. The van der Waals surface area contributed by atoms with Gasteiger partial charge in [-0.25, -0.2) is 0 Å². The first kappa shape index (κ1) is 22.9. The van der Waals surface area contributed by atoms with Gasteiger partial charge in [-0.1, -0.05) is 0 Å². The third-order valence-corrected chi connectivity index (χ3v) is 2.57. The minimum absolute atomic E-state index is 0.710. The zero-order valence-corrected chi connectivity index (χ0v) is 13.7. The van der Waals surface area contributed by atoms with E-state index in [4.69, 9.17) is 9.47 Å². The maximum atomic E-state index is 9.75. The molecule has 0 aromatic rings. The van der Waals surface area contributed by atoms with Crippen molar-refractivity contribution in [2.24, 2.45) is 0 Å². The van der Waals surface area contributed by atoms with Crippen LogP contribution in [0.1, 0.15) is 6.92 Å². The lowest BCUT2D eigenvalue weighted by atomic mass is 10.3. The molecule has 0 saturated carbocycles. The number of nitrogens with zero attached hydrogens (tertiary/aromatic N) is 2. The average molecular weight is 320 g/mol. The number of likely N-dealkylation sites (N-methyl/N-ethyl adjacent to an activating group) is 2. The molecule has 0 aliphatic carbocycles. The lowest BCUT2D eigenvalue weighted by Gasteiger charge is -2.30. The van der Waals surface area contributed by atoms with Gasteiger partial charge in [0.1, 0.15) is 6.54 Å². The van der Waals surface area contributed by atoms with Gasteiger partial charge in [-0.3, -0.25) is 0 Å². The molecular formula is C12H29BF4N2O2. The molecule has 4 nitrogen and oxygen atoms in total. The Labute approximate surface area is 125 Å². The smallest absolute Gasteiger partial charge is 0.418 e. The fourth-order valence-corrected chi connectivity index (χ4v) is 1.26. The summed E-state index contributed by atoms with van der Waals surface area (Å²) in [6, 6.07) is 0. The molecule has 0 aromatic carbocycles. The standard InChI is InChI=1S/C12H29N2O2.BF4/c1-6-15-11-12-16-10-9-14(4,5)8-7-13(2)3;2-1(3,4)5/h6-12H2,1-5H3;/q+1;-1. The molecule has 0 heterocycles. The van der Waals surface area contributed by atoms with Gasteiger partial charge in [-0.15, -0.1) is 0 Å². The van der Waals surface area contributed by atoms with Crippen molar-refractivity contribution in [3.05, 3.63) is 0 Å². The average Bonchev–Trinajstić information content (AvgIpc) is 2.29. The van der Waals surface area contributed by atoms with Gasteiger partial charge in [0.15, 0.2) is 0 Å². The molecule has 0 radical (unpaired) electrons. The minimum atomic E-state index is -6.00. The van der Waals surface area contributed by atoms with Crippen LogP contribution in [0.15, 0.2) is 0 Å². The second-order valence-corrected chi connectivity index (χ2v) is 5.49. The van der Waals surface area contributed by atoms with Crippen molar-refractivity contribution >= 4 is 7.25 Å². The molecule has 0 fully saturated rings. The van der Waals surface area contributed by atoms with Crippen molar-refractivity contribution in [3.8, 4) is 0 Å². The quantitative estimate of drug-likeness (QED) is 0.266. The van der Waals surface area contributed by atoms with Crippen LogP contribution in [0.3, 0.4) is 0 Å². The molecule has 0 rings (SSSR count). The first-order chi connectivity index (χ1) is 9.48. The molecule has 0 N–H and O–H groups in total. The number of ether oxygens (including phenoxy) is 2. The van der Waals surface area contributed by atoms with Gasteiger partial charge < -0.3 is 36.1 Å². The third-order valence-electron chi connectivity index (χ3n) is 2.57. The van der Waals surface area contributed by atoms with Crippen molar-refractivity contribution in [1.82, 2.24) is 4.90 Å². The van der Waals surface area contributed by atoms with Crippen LogP contribution in [-0.4, -0.2) is 90.9 Å². The summed E-state index contributed by atoms with van der Waals surface area (Å²) in [5.41, 5.74) is 0. The van der Waals surface area contributed by atoms with Gasteiger partial charge in [0.05, 0.1) is 40.5 Å². The van der Waals surface area contributed by atoms with Crippen LogP contribution in [0.2, 0.25) is 0 Å². The van der Waals surface area contributed by atoms with Gasteiger partial charge in [0.25, 0.3) is 0 Å². The van der Waals surface area contributed by atoms with E-state index in [1.54, 1.807) is 0 Å². The van der Waals surface area contributed by atoms with Crippen LogP contribution in [0.5, 0.6) is 0 Å². The van der Waals surface area contributed by atoms with Crippen molar-refractivity contribution in [2.45, 2.75) is 6.92 Å². The zero-order chi connectivity index (χ0) is 16.9. The molecular weight excluding hydrogens is 291 g/mol. The van der Waals surface area contributed by atoms with E-state index in [0.717, 1.165) is 37.3 Å². The summed E-state index contributed by atoms with van der Waals surface area (Å²) in [4.78, 5) is 2.22. The van der Waals surface area contributed by atoms with Gasteiger partial charge in [-0.05, 0) is 21.0 Å². The van der Waals surface area contributed by atoms with Crippen molar-refractivity contribution in [1.29, 1.82) is 0 Å². The lowest BCUT2D eigenvalue weighted by Crippen LogP contribution is -2.46. The van der Waals surface area contributed by atoms with E-state index in [9.17, 15) is 17.3 Å². The van der Waals surface area contributed by atoms with Gasteiger partial charge in [0.2, 0.25) is 0 Å². The second-order valence-electron chi connectivity index (χ2n) is 5.49. The summed E-state index contributed by atoms with van der Waals surface area (Å²) in [5.74, 6) is 0. The highest BCUT2D eigenvalue weighted by Crippen LogP contribution is 2.06. The Kier molecular flexibility index (Phi) is 13.3. The van der Waals surface area contributed by atoms with Crippen LogP contribution in [0.25, 0.3) is 0 Å². The first-order valence-electron chi connectivity index (χ1n) is 6.97. The normalized spacial score (nSPS) is 12.3. The van der Waals surface area contributed by atoms with Crippen molar-refractivity contribution in [2.75, 3.05) is 74.3 Å². The number of hydrogen-bond donors (Lipinski definition) is 0. The van der Waals surface area contributed by atoms with E-state index in [2.05, 4.69) is 33.1 Å². The maximum absolute atomic E-state index is 9.75. The molecule has 0 aliphatic heterocycles. The number of hydrogen-bond acceptors (Lipinski definition) is 3. The predicted molar refractivity (Wildman–Crippen MR) is 77.9 cm³/mol. The van der Waals surface area contributed by atoms with Gasteiger partial charge in [0, 0.05) is 13.2 Å². The van der Waals surface area contributed by atoms with E-state index in [1.165, 1.54) is 0 Å². The molecule has 0 bridgehead atoms. The molecule has 0 amide bonds. The van der Waals surface area contributed by atoms with E-state index in [0.29, 0.717) is 13.2 Å². The molecule has 130 valence electrons. The Morgan fingerprint density at radius 2 is 1.38 bits per heavy atom. The Morgan fingerprint density at radius 3 is 1.81 bits per heavy atom. The second kappa shape index (κ2) is 12.2. The van der Waals surface area contributed by atoms with E-state index < -0.39 is 7.25 Å². The highest BCUT2D eigenvalue weighted by Gasteiger charge is 2.20. The summed E-state index contributed by atoms with van der Waals surface area (Å²) in [6.45, 7) is 8.33. The van der Waals surface area contributed by atoms with E-state index >= 15 is 0 Å². The van der Waals surface area contributed by atoms with Crippen LogP contribution < -0.4 is 0 Å². The Morgan fingerprint density at radius 1 is 0.905 bits per heavy atom. The molecule has 0 saturated heterocycles. The van der Waals surface area contributed by atoms with Gasteiger partial charge >= 0.3 is 7.25 Å². The summed E-state index contributed by atoms with van der Waals surface area (Å²) >= 11 is 0. The van der Waals surface area contributed by atoms with Crippen LogP contribution in [0.4, 0.5) is 17.3 Å². The van der Waals surface area contributed by atoms with E-state index in [1.807, 2.05) is 6.92 Å². The first-order valence-corrected chi connectivity index (χ1v) is 6.97. The molecule has 0 atom stereocenters. The summed E-state index contributed by atoms with van der Waals surface area (Å²) in [7, 11) is 2.71. The highest BCUT2D eigenvalue weighted by molar-refractivity contribution is 6.50. The minimum Gasteiger partial charge on any atom is -0.418 e. The van der Waals surface area contributed by atoms with Gasteiger partial charge in [-0.2, -0.15) is 0 Å². The Hall–Kier alpha value is -0.375.